The quantitative estimate of drug-likeness (QED) is 0.766. The maximum atomic E-state index is 12.5. The average Bonchev–Trinajstić information content (AvgIpc) is 3.22. The molecule has 2 aromatic rings. The molecule has 1 fully saturated rings. The van der Waals surface area contributed by atoms with Gasteiger partial charge in [-0.1, -0.05) is 23.7 Å². The third-order valence-electron chi connectivity index (χ3n) is 5.02. The van der Waals surface area contributed by atoms with E-state index in [2.05, 4.69) is 10.4 Å². The molecule has 2 N–H and O–H groups in total. The molecule has 2 amide bonds. The van der Waals surface area contributed by atoms with E-state index >= 15 is 0 Å². The molecule has 9 heteroatoms. The standard InChI is InChI=1S/C19H21ClN4O4/c1-11(12-3-5-15(20)6-4-12)24-10-13(7-16(24)25)18(26)21-8-14-9-22-23(2)17(14)19(27)28/h3-6,9,11,13H,7-8,10H2,1-2H3,(H,21,26)(H,27,28)/t11-,13?/m0/s1. The van der Waals surface area contributed by atoms with Crippen LogP contribution in [0.2, 0.25) is 5.02 Å². The maximum Gasteiger partial charge on any atom is 0.354 e. The number of carbonyl (C=O) groups is 3. The minimum Gasteiger partial charge on any atom is -0.477 e. The lowest BCUT2D eigenvalue weighted by Crippen LogP contribution is -2.33. The molecular formula is C19H21ClN4O4. The van der Waals surface area contributed by atoms with Crippen LogP contribution >= 0.6 is 11.6 Å². The number of likely N-dealkylation sites (tertiary alicyclic amines) is 1. The summed E-state index contributed by atoms with van der Waals surface area (Å²) in [7, 11) is 1.53. The predicted molar refractivity (Wildman–Crippen MR) is 102 cm³/mol. The third kappa shape index (κ3) is 4.01. The van der Waals surface area contributed by atoms with E-state index < -0.39 is 11.9 Å². The van der Waals surface area contributed by atoms with Crippen molar-refractivity contribution in [3.8, 4) is 0 Å². The number of benzene rings is 1. The molecule has 28 heavy (non-hydrogen) atoms. The van der Waals surface area contributed by atoms with Crippen LogP contribution in [0.15, 0.2) is 30.5 Å². The van der Waals surface area contributed by atoms with Crippen molar-refractivity contribution in [1.29, 1.82) is 0 Å². The van der Waals surface area contributed by atoms with Crippen molar-refractivity contribution in [2.75, 3.05) is 6.54 Å². The Bertz CT molecular complexity index is 909. The Hall–Kier alpha value is -2.87. The van der Waals surface area contributed by atoms with Gasteiger partial charge in [-0.05, 0) is 24.6 Å². The van der Waals surface area contributed by atoms with Gasteiger partial charge in [0, 0.05) is 37.1 Å². The number of hydrogen-bond donors (Lipinski definition) is 2. The first-order chi connectivity index (χ1) is 13.3. The van der Waals surface area contributed by atoms with Crippen molar-refractivity contribution in [1.82, 2.24) is 20.0 Å². The van der Waals surface area contributed by atoms with Gasteiger partial charge in [0.25, 0.3) is 0 Å². The molecule has 0 saturated carbocycles. The SMILES string of the molecule is C[C@@H](c1ccc(Cl)cc1)N1CC(C(=O)NCc2cnn(C)c2C(=O)O)CC1=O. The van der Waals surface area contributed by atoms with E-state index in [4.69, 9.17) is 11.6 Å². The van der Waals surface area contributed by atoms with Crippen molar-refractivity contribution in [3.63, 3.8) is 0 Å². The van der Waals surface area contributed by atoms with Crippen LogP contribution < -0.4 is 5.32 Å². The molecule has 148 valence electrons. The lowest BCUT2D eigenvalue weighted by atomic mass is 10.1. The third-order valence-corrected chi connectivity index (χ3v) is 5.27. The number of amides is 2. The number of nitrogens with one attached hydrogen (secondary N) is 1. The summed E-state index contributed by atoms with van der Waals surface area (Å²) in [5, 5.41) is 16.5. The Labute approximate surface area is 167 Å². The molecule has 1 aromatic heterocycles. The van der Waals surface area contributed by atoms with E-state index in [0.717, 1.165) is 5.56 Å². The molecule has 1 saturated heterocycles. The van der Waals surface area contributed by atoms with Gasteiger partial charge in [0.2, 0.25) is 11.8 Å². The van der Waals surface area contributed by atoms with E-state index in [1.54, 1.807) is 17.0 Å². The highest BCUT2D eigenvalue weighted by atomic mass is 35.5. The fourth-order valence-electron chi connectivity index (χ4n) is 3.42. The smallest absolute Gasteiger partial charge is 0.354 e. The summed E-state index contributed by atoms with van der Waals surface area (Å²) < 4.78 is 1.25. The van der Waals surface area contributed by atoms with Gasteiger partial charge in [0.1, 0.15) is 0 Å². The summed E-state index contributed by atoms with van der Waals surface area (Å²) in [6, 6.07) is 7.10. The van der Waals surface area contributed by atoms with Gasteiger partial charge in [0.05, 0.1) is 18.2 Å². The molecule has 0 spiro atoms. The number of aromatic carboxylic acids is 1. The van der Waals surface area contributed by atoms with E-state index in [9.17, 15) is 19.5 Å². The Morgan fingerprint density at radius 1 is 1.36 bits per heavy atom. The molecule has 1 aromatic carbocycles. The second-order valence-corrected chi connectivity index (χ2v) is 7.28. The van der Waals surface area contributed by atoms with E-state index in [-0.39, 0.29) is 36.5 Å². The van der Waals surface area contributed by atoms with Crippen LogP contribution in [0.1, 0.15) is 41.0 Å². The number of aromatic nitrogens is 2. The molecule has 1 aliphatic heterocycles. The first kappa shape index (κ1) is 19.9. The van der Waals surface area contributed by atoms with Gasteiger partial charge < -0.3 is 15.3 Å². The van der Waals surface area contributed by atoms with Crippen molar-refractivity contribution < 1.29 is 19.5 Å². The van der Waals surface area contributed by atoms with E-state index in [1.165, 1.54) is 17.9 Å². The van der Waals surface area contributed by atoms with E-state index in [0.29, 0.717) is 17.1 Å². The van der Waals surface area contributed by atoms with Crippen LogP contribution in [0.25, 0.3) is 0 Å². The van der Waals surface area contributed by atoms with Gasteiger partial charge in [-0.15, -0.1) is 0 Å². The zero-order valence-electron chi connectivity index (χ0n) is 15.6. The number of carbonyl (C=O) groups excluding carboxylic acids is 2. The number of rotatable bonds is 6. The zero-order valence-corrected chi connectivity index (χ0v) is 16.3. The van der Waals surface area contributed by atoms with Gasteiger partial charge in [0.15, 0.2) is 5.69 Å². The van der Waals surface area contributed by atoms with Crippen LogP contribution in [0.4, 0.5) is 0 Å². The summed E-state index contributed by atoms with van der Waals surface area (Å²) in [6.45, 7) is 2.27. The summed E-state index contributed by atoms with van der Waals surface area (Å²) >= 11 is 5.91. The summed E-state index contributed by atoms with van der Waals surface area (Å²) in [5.74, 6) is -1.95. The second kappa shape index (κ2) is 8.02. The van der Waals surface area contributed by atoms with Crippen molar-refractivity contribution >= 4 is 29.4 Å². The molecule has 3 rings (SSSR count). The number of aryl methyl sites for hydroxylation is 1. The number of carboxylic acids is 1. The Kier molecular flexibility index (Phi) is 5.69. The Morgan fingerprint density at radius 2 is 2.04 bits per heavy atom. The molecule has 2 atom stereocenters. The minimum atomic E-state index is -1.11. The maximum absolute atomic E-state index is 12.5. The Balaban J connectivity index is 1.62. The molecule has 0 radical (unpaired) electrons. The molecular weight excluding hydrogens is 384 g/mol. The highest BCUT2D eigenvalue weighted by Gasteiger charge is 2.37. The molecule has 1 unspecified atom stereocenters. The number of carboxylic acid groups (broad SMARTS) is 1. The lowest BCUT2D eigenvalue weighted by Gasteiger charge is -2.25. The lowest BCUT2D eigenvalue weighted by molar-refractivity contribution is -0.130. The zero-order chi connectivity index (χ0) is 20.4. The first-order valence-corrected chi connectivity index (χ1v) is 9.22. The normalized spacial score (nSPS) is 17.6. The molecule has 0 bridgehead atoms. The molecule has 2 heterocycles. The molecule has 0 aliphatic carbocycles. The number of nitrogens with zero attached hydrogens (tertiary/aromatic N) is 3. The summed E-state index contributed by atoms with van der Waals surface area (Å²) in [6.07, 6.45) is 1.54. The van der Waals surface area contributed by atoms with Crippen LogP contribution in [-0.2, 0) is 23.2 Å². The predicted octanol–water partition coefficient (Wildman–Crippen LogP) is 2.00. The van der Waals surface area contributed by atoms with Gasteiger partial charge in [-0.3, -0.25) is 14.3 Å². The number of hydrogen-bond acceptors (Lipinski definition) is 4. The minimum absolute atomic E-state index is 0.0285. The highest BCUT2D eigenvalue weighted by molar-refractivity contribution is 6.30. The van der Waals surface area contributed by atoms with Crippen molar-refractivity contribution in [2.45, 2.75) is 25.9 Å². The summed E-state index contributed by atoms with van der Waals surface area (Å²) in [4.78, 5) is 37.9. The van der Waals surface area contributed by atoms with Crippen LogP contribution in [0, 0.1) is 5.92 Å². The van der Waals surface area contributed by atoms with Crippen LogP contribution in [-0.4, -0.2) is 44.1 Å². The highest BCUT2D eigenvalue weighted by Crippen LogP contribution is 2.29. The van der Waals surface area contributed by atoms with Crippen LogP contribution in [0.3, 0.4) is 0 Å². The topological polar surface area (TPSA) is 105 Å². The van der Waals surface area contributed by atoms with Gasteiger partial charge >= 0.3 is 5.97 Å². The monoisotopic (exact) mass is 404 g/mol. The summed E-state index contributed by atoms with van der Waals surface area (Å²) in [5.41, 5.74) is 1.39. The van der Waals surface area contributed by atoms with Gasteiger partial charge in [-0.2, -0.15) is 5.10 Å². The average molecular weight is 405 g/mol. The number of halogens is 1. The second-order valence-electron chi connectivity index (χ2n) is 6.84. The van der Waals surface area contributed by atoms with E-state index in [1.807, 2.05) is 19.1 Å². The van der Waals surface area contributed by atoms with Crippen LogP contribution in [0.5, 0.6) is 0 Å². The Morgan fingerprint density at radius 3 is 2.68 bits per heavy atom. The fourth-order valence-corrected chi connectivity index (χ4v) is 3.54. The van der Waals surface area contributed by atoms with Gasteiger partial charge in [-0.25, -0.2) is 4.79 Å². The molecule has 8 nitrogen and oxygen atoms in total. The fraction of sp³-hybridized carbons (Fsp3) is 0.368. The van der Waals surface area contributed by atoms with Crippen molar-refractivity contribution in [2.24, 2.45) is 13.0 Å². The largest absolute Gasteiger partial charge is 0.477 e. The van der Waals surface area contributed by atoms with Crippen molar-refractivity contribution in [3.05, 3.63) is 52.3 Å². The molecule has 1 aliphatic rings. The first-order valence-electron chi connectivity index (χ1n) is 8.84.